The van der Waals surface area contributed by atoms with E-state index in [1.807, 2.05) is 6.92 Å². The summed E-state index contributed by atoms with van der Waals surface area (Å²) in [4.78, 5) is 10.8. The van der Waals surface area contributed by atoms with E-state index in [2.05, 4.69) is 4.72 Å². The number of nitrogens with one attached hydrogen (secondary N) is 1. The van der Waals surface area contributed by atoms with Crippen LogP contribution in [0.5, 0.6) is 5.75 Å². The molecule has 0 radical (unpaired) electrons. The molecule has 0 saturated heterocycles. The molecule has 130 valence electrons. The van der Waals surface area contributed by atoms with E-state index in [4.69, 9.17) is 9.84 Å². The van der Waals surface area contributed by atoms with E-state index < -0.39 is 28.0 Å². The van der Waals surface area contributed by atoms with Crippen molar-refractivity contribution in [2.75, 3.05) is 20.3 Å². The normalized spacial score (nSPS) is 14.3. The predicted molar refractivity (Wildman–Crippen MR) is 85.1 cm³/mol. The number of aliphatic hydroxyl groups is 1. The zero-order valence-electron chi connectivity index (χ0n) is 13.7. The third kappa shape index (κ3) is 4.92. The minimum atomic E-state index is -3.90. The summed E-state index contributed by atoms with van der Waals surface area (Å²) in [5.41, 5.74) is 0.597. The Bertz CT molecular complexity index is 685. The molecule has 1 unspecified atom stereocenters. The van der Waals surface area contributed by atoms with Crippen molar-refractivity contribution in [1.82, 2.24) is 4.72 Å². The lowest BCUT2D eigenvalue weighted by Crippen LogP contribution is -2.39. The molecule has 0 aliphatic carbocycles. The highest BCUT2D eigenvalue weighted by atomic mass is 32.2. The maximum Gasteiger partial charge on any atom is 0.304 e. The topological polar surface area (TPSA) is 113 Å². The molecular formula is C15H23NO6S. The third-order valence-electron chi connectivity index (χ3n) is 3.72. The van der Waals surface area contributed by atoms with Gasteiger partial charge in [0, 0.05) is 12.0 Å². The molecule has 1 atom stereocenters. The predicted octanol–water partition coefficient (Wildman–Crippen LogP) is 1.06. The SMILES string of the molecule is COc1cc(C)c(C)cc1S(=O)(=O)NCC(C)(CO)CC(=O)O. The van der Waals surface area contributed by atoms with Crippen LogP contribution in [-0.4, -0.2) is 44.9 Å². The van der Waals surface area contributed by atoms with E-state index in [9.17, 15) is 18.3 Å². The molecule has 3 N–H and O–H groups in total. The molecular weight excluding hydrogens is 322 g/mol. The second-order valence-electron chi connectivity index (χ2n) is 5.95. The van der Waals surface area contributed by atoms with Crippen LogP contribution in [0.15, 0.2) is 17.0 Å². The number of benzene rings is 1. The van der Waals surface area contributed by atoms with Crippen LogP contribution >= 0.6 is 0 Å². The van der Waals surface area contributed by atoms with Gasteiger partial charge in [0.25, 0.3) is 0 Å². The Morgan fingerprint density at radius 2 is 1.87 bits per heavy atom. The van der Waals surface area contributed by atoms with Crippen LogP contribution in [0.2, 0.25) is 0 Å². The van der Waals surface area contributed by atoms with Crippen molar-refractivity contribution in [2.24, 2.45) is 5.41 Å². The number of sulfonamides is 1. The highest BCUT2D eigenvalue weighted by Crippen LogP contribution is 2.28. The molecule has 0 aromatic heterocycles. The summed E-state index contributed by atoms with van der Waals surface area (Å²) in [6, 6.07) is 3.14. The van der Waals surface area contributed by atoms with Crippen molar-refractivity contribution in [3.8, 4) is 5.75 Å². The largest absolute Gasteiger partial charge is 0.495 e. The zero-order valence-corrected chi connectivity index (χ0v) is 14.5. The zero-order chi connectivity index (χ0) is 17.8. The maximum absolute atomic E-state index is 12.5. The second kappa shape index (κ2) is 7.29. The van der Waals surface area contributed by atoms with E-state index in [1.165, 1.54) is 20.1 Å². The number of ether oxygens (including phenoxy) is 1. The van der Waals surface area contributed by atoms with Crippen LogP contribution < -0.4 is 9.46 Å². The second-order valence-corrected chi connectivity index (χ2v) is 7.69. The van der Waals surface area contributed by atoms with Gasteiger partial charge in [0.2, 0.25) is 10.0 Å². The van der Waals surface area contributed by atoms with Crippen LogP contribution in [0, 0.1) is 19.3 Å². The van der Waals surface area contributed by atoms with Gasteiger partial charge in [-0.15, -0.1) is 0 Å². The number of methoxy groups -OCH3 is 1. The number of aryl methyl sites for hydroxylation is 2. The molecule has 0 heterocycles. The molecule has 23 heavy (non-hydrogen) atoms. The Balaban J connectivity index is 3.09. The smallest absolute Gasteiger partial charge is 0.304 e. The summed E-state index contributed by atoms with van der Waals surface area (Å²) in [6.07, 6.45) is -0.351. The first-order valence-corrected chi connectivity index (χ1v) is 8.50. The van der Waals surface area contributed by atoms with Gasteiger partial charge >= 0.3 is 5.97 Å². The molecule has 0 aliphatic heterocycles. The molecule has 1 aromatic carbocycles. The van der Waals surface area contributed by atoms with Crippen LogP contribution in [0.4, 0.5) is 0 Å². The summed E-state index contributed by atoms with van der Waals surface area (Å²) < 4.78 is 32.5. The van der Waals surface area contributed by atoms with Crippen molar-refractivity contribution in [3.63, 3.8) is 0 Å². The number of aliphatic hydroxyl groups excluding tert-OH is 1. The van der Waals surface area contributed by atoms with Gasteiger partial charge in [-0.3, -0.25) is 4.79 Å². The van der Waals surface area contributed by atoms with Gasteiger partial charge in [-0.25, -0.2) is 13.1 Å². The molecule has 0 saturated carbocycles. The lowest BCUT2D eigenvalue weighted by Gasteiger charge is -2.25. The van der Waals surface area contributed by atoms with Gasteiger partial charge < -0.3 is 14.9 Å². The fraction of sp³-hybridized carbons (Fsp3) is 0.533. The van der Waals surface area contributed by atoms with Crippen molar-refractivity contribution in [2.45, 2.75) is 32.1 Å². The van der Waals surface area contributed by atoms with Crippen molar-refractivity contribution < 1.29 is 28.2 Å². The van der Waals surface area contributed by atoms with E-state index in [0.717, 1.165) is 11.1 Å². The van der Waals surface area contributed by atoms with Gasteiger partial charge in [-0.2, -0.15) is 0 Å². The lowest BCUT2D eigenvalue weighted by molar-refractivity contribution is -0.140. The molecule has 0 spiro atoms. The van der Waals surface area contributed by atoms with Crippen LogP contribution in [0.3, 0.4) is 0 Å². The molecule has 8 heteroatoms. The van der Waals surface area contributed by atoms with E-state index in [1.54, 1.807) is 13.0 Å². The van der Waals surface area contributed by atoms with Gasteiger partial charge in [-0.1, -0.05) is 6.92 Å². The molecule has 0 amide bonds. The Kier molecular flexibility index (Phi) is 6.15. The Morgan fingerprint density at radius 3 is 2.35 bits per heavy atom. The van der Waals surface area contributed by atoms with E-state index in [0.29, 0.717) is 0 Å². The minimum Gasteiger partial charge on any atom is -0.495 e. The van der Waals surface area contributed by atoms with Crippen molar-refractivity contribution >= 4 is 16.0 Å². The Labute approximate surface area is 136 Å². The number of rotatable bonds is 8. The van der Waals surface area contributed by atoms with Gasteiger partial charge in [0.1, 0.15) is 10.6 Å². The van der Waals surface area contributed by atoms with Gasteiger partial charge in [-0.05, 0) is 37.1 Å². The monoisotopic (exact) mass is 345 g/mol. The molecule has 0 bridgehead atoms. The molecule has 1 aromatic rings. The number of hydrogen-bond acceptors (Lipinski definition) is 5. The maximum atomic E-state index is 12.5. The number of carboxylic acid groups (broad SMARTS) is 1. The van der Waals surface area contributed by atoms with Crippen LogP contribution in [0.25, 0.3) is 0 Å². The number of carboxylic acids is 1. The van der Waals surface area contributed by atoms with Crippen LogP contribution in [-0.2, 0) is 14.8 Å². The average Bonchev–Trinajstić information content (AvgIpc) is 2.47. The van der Waals surface area contributed by atoms with Crippen molar-refractivity contribution in [3.05, 3.63) is 23.3 Å². The molecule has 7 nitrogen and oxygen atoms in total. The van der Waals surface area contributed by atoms with Gasteiger partial charge in [0.15, 0.2) is 0 Å². The average molecular weight is 345 g/mol. The number of hydrogen-bond donors (Lipinski definition) is 3. The van der Waals surface area contributed by atoms with E-state index >= 15 is 0 Å². The summed E-state index contributed by atoms with van der Waals surface area (Å²) in [7, 11) is -2.52. The van der Waals surface area contributed by atoms with Crippen molar-refractivity contribution in [1.29, 1.82) is 0 Å². The number of carbonyl (C=O) groups is 1. The summed E-state index contributed by atoms with van der Waals surface area (Å²) in [6.45, 7) is 4.48. The Morgan fingerprint density at radius 1 is 1.30 bits per heavy atom. The Hall–Kier alpha value is -1.64. The fourth-order valence-corrected chi connectivity index (χ4v) is 3.45. The third-order valence-corrected chi connectivity index (χ3v) is 5.14. The molecule has 1 rings (SSSR count). The number of aliphatic carboxylic acids is 1. The highest BCUT2D eigenvalue weighted by Gasteiger charge is 2.30. The molecule has 0 fully saturated rings. The first-order valence-electron chi connectivity index (χ1n) is 7.02. The standard InChI is InChI=1S/C15H23NO6S/c1-10-5-12(22-4)13(6-11(10)2)23(20,21)16-8-15(3,9-17)7-14(18)19/h5-6,16-17H,7-9H2,1-4H3,(H,18,19). The summed E-state index contributed by atoms with van der Waals surface area (Å²) >= 11 is 0. The first-order chi connectivity index (χ1) is 10.5. The molecule has 0 aliphatic rings. The van der Waals surface area contributed by atoms with Gasteiger partial charge in [0.05, 0.1) is 20.1 Å². The quantitative estimate of drug-likeness (QED) is 0.649. The minimum absolute atomic E-state index is 0.0151. The fourth-order valence-electron chi connectivity index (χ4n) is 2.02. The first kappa shape index (κ1) is 19.4. The summed E-state index contributed by atoms with van der Waals surface area (Å²) in [5.74, 6) is -0.894. The summed E-state index contributed by atoms with van der Waals surface area (Å²) in [5, 5.41) is 18.2. The highest BCUT2D eigenvalue weighted by molar-refractivity contribution is 7.89. The lowest BCUT2D eigenvalue weighted by atomic mass is 9.88. The van der Waals surface area contributed by atoms with E-state index in [-0.39, 0.29) is 23.6 Å². The van der Waals surface area contributed by atoms with Crippen LogP contribution in [0.1, 0.15) is 24.5 Å².